The Kier molecular flexibility index (Phi) is 5.21. The van der Waals surface area contributed by atoms with Gasteiger partial charge in [-0.2, -0.15) is 13.2 Å². The van der Waals surface area contributed by atoms with Gasteiger partial charge in [-0.1, -0.05) is 6.07 Å². The van der Waals surface area contributed by atoms with Crippen LogP contribution in [0.3, 0.4) is 0 Å². The minimum absolute atomic E-state index is 0.0130. The highest BCUT2D eigenvalue weighted by Gasteiger charge is 2.31. The molecule has 0 N–H and O–H groups in total. The van der Waals surface area contributed by atoms with Gasteiger partial charge in [-0.25, -0.2) is 13.8 Å². The molecule has 0 radical (unpaired) electrons. The van der Waals surface area contributed by atoms with E-state index >= 15 is 0 Å². The molecule has 3 aromatic rings. The maximum atomic E-state index is 13.3. The van der Waals surface area contributed by atoms with E-state index in [1.807, 2.05) is 4.57 Å². The van der Waals surface area contributed by atoms with Crippen LogP contribution in [0.2, 0.25) is 0 Å². The second-order valence-electron chi connectivity index (χ2n) is 7.39. The van der Waals surface area contributed by atoms with Crippen LogP contribution in [0.5, 0.6) is 0 Å². The van der Waals surface area contributed by atoms with Gasteiger partial charge in [0.05, 0.1) is 29.3 Å². The Labute approximate surface area is 168 Å². The molecule has 0 aliphatic carbocycles. The van der Waals surface area contributed by atoms with Crippen molar-refractivity contribution in [1.29, 1.82) is 0 Å². The fraction of sp³-hybridized carbons (Fsp3) is 0.333. The zero-order valence-corrected chi connectivity index (χ0v) is 15.8. The average molecular weight is 423 g/mol. The molecule has 1 aliphatic rings. The number of alkyl halides is 3. The van der Waals surface area contributed by atoms with Crippen molar-refractivity contribution in [1.82, 2.24) is 14.5 Å². The smallest absolute Gasteiger partial charge is 0.342 e. The number of carbonyl (C=O) groups excluding carboxylic acids is 1. The van der Waals surface area contributed by atoms with Crippen molar-refractivity contribution in [2.24, 2.45) is 0 Å². The molecular formula is C21H18F5N3O. The number of fused-ring (bicyclic) bond motifs is 1. The van der Waals surface area contributed by atoms with Gasteiger partial charge in [0.15, 0.2) is 11.6 Å². The van der Waals surface area contributed by atoms with E-state index in [1.54, 1.807) is 4.90 Å². The molecule has 1 fully saturated rings. The van der Waals surface area contributed by atoms with E-state index < -0.39 is 23.4 Å². The van der Waals surface area contributed by atoms with Crippen LogP contribution in [0.15, 0.2) is 42.7 Å². The Balaban J connectivity index is 1.41. The fourth-order valence-corrected chi connectivity index (χ4v) is 3.83. The van der Waals surface area contributed by atoms with Crippen molar-refractivity contribution in [2.45, 2.75) is 31.5 Å². The molecule has 1 aliphatic heterocycles. The molecule has 158 valence electrons. The summed E-state index contributed by atoms with van der Waals surface area (Å²) in [6, 6.07) is 6.92. The van der Waals surface area contributed by atoms with Crippen LogP contribution in [0, 0.1) is 11.6 Å². The summed E-state index contributed by atoms with van der Waals surface area (Å²) < 4.78 is 66.9. The monoisotopic (exact) mass is 423 g/mol. The van der Waals surface area contributed by atoms with E-state index in [4.69, 9.17) is 0 Å². The summed E-state index contributed by atoms with van der Waals surface area (Å²) in [6.07, 6.45) is -1.66. The van der Waals surface area contributed by atoms with Crippen LogP contribution in [0.25, 0.3) is 11.0 Å². The molecule has 9 heteroatoms. The van der Waals surface area contributed by atoms with Gasteiger partial charge in [0.2, 0.25) is 5.91 Å². The van der Waals surface area contributed by atoms with Gasteiger partial charge in [0.25, 0.3) is 0 Å². The Morgan fingerprint density at radius 1 is 1.03 bits per heavy atom. The number of benzene rings is 2. The van der Waals surface area contributed by atoms with E-state index in [2.05, 4.69) is 4.98 Å². The van der Waals surface area contributed by atoms with Crippen LogP contribution >= 0.6 is 0 Å². The lowest BCUT2D eigenvalue weighted by molar-refractivity contribution is -0.137. The third-order valence-electron chi connectivity index (χ3n) is 5.45. The Hall–Kier alpha value is -2.97. The van der Waals surface area contributed by atoms with E-state index in [9.17, 15) is 26.7 Å². The maximum Gasteiger partial charge on any atom is 0.416 e. The highest BCUT2D eigenvalue weighted by atomic mass is 19.4. The number of nitrogens with zero attached hydrogens (tertiary/aromatic N) is 3. The number of carbonyl (C=O) groups is 1. The molecule has 4 nitrogen and oxygen atoms in total. The highest BCUT2D eigenvalue weighted by Crippen LogP contribution is 2.33. The molecule has 0 unspecified atom stereocenters. The highest BCUT2D eigenvalue weighted by molar-refractivity contribution is 5.79. The summed E-state index contributed by atoms with van der Waals surface area (Å²) in [4.78, 5) is 18.3. The summed E-state index contributed by atoms with van der Waals surface area (Å²) in [5.41, 5.74) is 0.566. The van der Waals surface area contributed by atoms with E-state index in [1.165, 1.54) is 18.5 Å². The van der Waals surface area contributed by atoms with Gasteiger partial charge in [-0.3, -0.25) is 4.79 Å². The van der Waals surface area contributed by atoms with Gasteiger partial charge in [-0.05, 0) is 48.7 Å². The topological polar surface area (TPSA) is 38.1 Å². The summed E-state index contributed by atoms with van der Waals surface area (Å²) in [6.45, 7) is 0.932. The van der Waals surface area contributed by atoms with Crippen molar-refractivity contribution in [2.75, 3.05) is 13.1 Å². The van der Waals surface area contributed by atoms with Crippen LogP contribution < -0.4 is 0 Å². The molecule has 4 rings (SSSR count). The molecule has 0 spiro atoms. The number of aromatic nitrogens is 2. The van der Waals surface area contributed by atoms with Crippen molar-refractivity contribution >= 4 is 16.9 Å². The molecule has 0 atom stereocenters. The minimum Gasteiger partial charge on any atom is -0.342 e. The van der Waals surface area contributed by atoms with E-state index in [-0.39, 0.29) is 23.9 Å². The number of imidazole rings is 1. The molecule has 2 aromatic carbocycles. The number of hydrogen-bond acceptors (Lipinski definition) is 2. The molecule has 0 saturated carbocycles. The van der Waals surface area contributed by atoms with Crippen molar-refractivity contribution < 1.29 is 26.7 Å². The van der Waals surface area contributed by atoms with Crippen LogP contribution in [-0.4, -0.2) is 33.4 Å². The first kappa shape index (κ1) is 20.3. The first-order valence-electron chi connectivity index (χ1n) is 9.48. The van der Waals surface area contributed by atoms with Gasteiger partial charge in [0.1, 0.15) is 0 Å². The van der Waals surface area contributed by atoms with Gasteiger partial charge in [0, 0.05) is 19.1 Å². The van der Waals surface area contributed by atoms with Crippen molar-refractivity contribution in [3.05, 3.63) is 65.5 Å². The van der Waals surface area contributed by atoms with Crippen molar-refractivity contribution in [3.8, 4) is 0 Å². The Bertz CT molecular complexity index is 1080. The average Bonchev–Trinajstić information content (AvgIpc) is 3.13. The third kappa shape index (κ3) is 4.01. The molecule has 0 bridgehead atoms. The van der Waals surface area contributed by atoms with E-state index in [0.717, 1.165) is 24.3 Å². The molecule has 1 aromatic heterocycles. The van der Waals surface area contributed by atoms with Crippen LogP contribution in [-0.2, 0) is 17.4 Å². The predicted molar refractivity (Wildman–Crippen MR) is 99.6 cm³/mol. The van der Waals surface area contributed by atoms with E-state index in [0.29, 0.717) is 37.0 Å². The second-order valence-corrected chi connectivity index (χ2v) is 7.39. The zero-order valence-electron chi connectivity index (χ0n) is 15.8. The Morgan fingerprint density at radius 3 is 2.43 bits per heavy atom. The summed E-state index contributed by atoms with van der Waals surface area (Å²) in [5, 5.41) is 0. The van der Waals surface area contributed by atoms with Crippen LogP contribution in [0.4, 0.5) is 22.0 Å². The molecule has 2 heterocycles. The number of likely N-dealkylation sites (tertiary alicyclic amines) is 1. The van der Waals surface area contributed by atoms with Gasteiger partial charge in [-0.15, -0.1) is 0 Å². The lowest BCUT2D eigenvalue weighted by atomic mass is 10.0. The van der Waals surface area contributed by atoms with Crippen molar-refractivity contribution in [3.63, 3.8) is 0 Å². The second kappa shape index (κ2) is 7.70. The minimum atomic E-state index is -4.42. The molecule has 1 amide bonds. The summed E-state index contributed by atoms with van der Waals surface area (Å²) in [7, 11) is 0. The lowest BCUT2D eigenvalue weighted by Crippen LogP contribution is -2.39. The molecule has 1 saturated heterocycles. The number of hydrogen-bond donors (Lipinski definition) is 0. The standard InChI is InChI=1S/C21H18F5N3O/c22-16-3-1-13(9-17(16)23)10-20(30)28-7-5-15(6-8-28)29-12-27-18-11-14(21(24,25)26)2-4-19(18)29/h1-4,9,11-12,15H,5-8,10H2. The quantitative estimate of drug-likeness (QED) is 0.571. The summed E-state index contributed by atoms with van der Waals surface area (Å²) >= 11 is 0. The molecular weight excluding hydrogens is 405 g/mol. The number of halogens is 5. The summed E-state index contributed by atoms with van der Waals surface area (Å²) in [5.74, 6) is -2.12. The first-order chi connectivity index (χ1) is 14.2. The SMILES string of the molecule is O=C(Cc1ccc(F)c(F)c1)N1CCC(n2cnc3cc(C(F)(F)F)ccc32)CC1. The molecule has 30 heavy (non-hydrogen) atoms. The number of rotatable bonds is 3. The fourth-order valence-electron chi connectivity index (χ4n) is 3.83. The number of amides is 1. The number of piperidine rings is 1. The first-order valence-corrected chi connectivity index (χ1v) is 9.48. The maximum absolute atomic E-state index is 13.3. The lowest BCUT2D eigenvalue weighted by Gasteiger charge is -2.33. The normalized spacial score (nSPS) is 15.7. The Morgan fingerprint density at radius 2 is 1.77 bits per heavy atom. The van der Waals surface area contributed by atoms with Gasteiger partial charge < -0.3 is 9.47 Å². The van der Waals surface area contributed by atoms with Crippen LogP contribution in [0.1, 0.15) is 30.0 Å². The van der Waals surface area contributed by atoms with Gasteiger partial charge >= 0.3 is 6.18 Å². The zero-order chi connectivity index (χ0) is 21.5. The third-order valence-corrected chi connectivity index (χ3v) is 5.45. The largest absolute Gasteiger partial charge is 0.416 e. The predicted octanol–water partition coefficient (Wildman–Crippen LogP) is 4.74.